The van der Waals surface area contributed by atoms with E-state index in [9.17, 15) is 9.59 Å². The molecule has 0 unspecified atom stereocenters. The Morgan fingerprint density at radius 1 is 1.24 bits per heavy atom. The summed E-state index contributed by atoms with van der Waals surface area (Å²) in [6, 6.07) is 10.6. The first-order chi connectivity index (χ1) is 13.7. The number of carbonyl (C=O) groups is 1. The number of benzene rings is 2. The monoisotopic (exact) mass is 431 g/mol. The van der Waals surface area contributed by atoms with Gasteiger partial charge in [0.1, 0.15) is 5.75 Å². The number of hydrogen-bond acceptors (Lipinski definition) is 5. The van der Waals surface area contributed by atoms with E-state index < -0.39 is 5.25 Å². The lowest BCUT2D eigenvalue weighted by molar-refractivity contribution is -0.127. The second-order valence-electron chi connectivity index (χ2n) is 6.86. The number of hydrogen-bond donors (Lipinski definition) is 0. The Morgan fingerprint density at radius 2 is 1.97 bits per heavy atom. The number of ether oxygens (including phenoxy) is 1. The number of rotatable bonds is 5. The van der Waals surface area contributed by atoms with Gasteiger partial charge in [0.15, 0.2) is 5.16 Å². The smallest absolute Gasteiger partial charge is 0.266 e. The van der Waals surface area contributed by atoms with E-state index in [1.54, 1.807) is 46.3 Å². The molecule has 0 saturated carbocycles. The maximum atomic E-state index is 13.4. The molecule has 6 nitrogen and oxygen atoms in total. The van der Waals surface area contributed by atoms with Crippen molar-refractivity contribution in [2.45, 2.75) is 24.3 Å². The minimum absolute atomic E-state index is 0.0711. The molecule has 1 heterocycles. The first-order valence-electron chi connectivity index (χ1n) is 8.98. The third-order valence-corrected chi connectivity index (χ3v) is 5.72. The molecule has 0 bridgehead atoms. The van der Waals surface area contributed by atoms with E-state index in [4.69, 9.17) is 16.3 Å². The Bertz CT molecular complexity index is 1140. The second kappa shape index (κ2) is 8.47. The van der Waals surface area contributed by atoms with E-state index in [0.717, 1.165) is 5.56 Å². The second-order valence-corrected chi connectivity index (χ2v) is 8.61. The quantitative estimate of drug-likeness (QED) is 0.452. The molecule has 2 aromatic carbocycles. The van der Waals surface area contributed by atoms with Gasteiger partial charge in [0, 0.05) is 19.1 Å². The summed E-state index contributed by atoms with van der Waals surface area (Å²) >= 11 is 7.33. The highest BCUT2D eigenvalue weighted by atomic mass is 35.5. The molecule has 8 heteroatoms. The van der Waals surface area contributed by atoms with Crippen molar-refractivity contribution < 1.29 is 9.53 Å². The number of fused-ring (bicyclic) bond motifs is 1. The van der Waals surface area contributed by atoms with Crippen LogP contribution in [0.4, 0.5) is 0 Å². The largest absolute Gasteiger partial charge is 0.495 e. The fourth-order valence-electron chi connectivity index (χ4n) is 2.98. The van der Waals surface area contributed by atoms with Crippen LogP contribution in [0.3, 0.4) is 0 Å². The summed E-state index contributed by atoms with van der Waals surface area (Å²) in [5.74, 6) is 0.472. The Kier molecular flexibility index (Phi) is 6.19. The van der Waals surface area contributed by atoms with Crippen LogP contribution in [0.1, 0.15) is 12.5 Å². The van der Waals surface area contributed by atoms with Crippen molar-refractivity contribution in [1.82, 2.24) is 14.5 Å². The average molecular weight is 432 g/mol. The van der Waals surface area contributed by atoms with Crippen molar-refractivity contribution in [3.63, 3.8) is 0 Å². The predicted octanol–water partition coefficient (Wildman–Crippen LogP) is 3.92. The molecule has 0 spiro atoms. The zero-order valence-corrected chi connectivity index (χ0v) is 18.5. The molecule has 29 heavy (non-hydrogen) atoms. The number of nitrogens with zero attached hydrogens (tertiary/aromatic N) is 3. The number of carbonyl (C=O) groups excluding carboxylic acids is 1. The normalized spacial score (nSPS) is 12.1. The number of methoxy groups -OCH3 is 1. The fourth-order valence-corrected chi connectivity index (χ4v) is 4.21. The lowest BCUT2D eigenvalue weighted by atomic mass is 10.2. The number of aromatic nitrogens is 2. The van der Waals surface area contributed by atoms with Crippen LogP contribution >= 0.6 is 23.4 Å². The number of amides is 1. The number of thioether (sulfide) groups is 1. The third kappa shape index (κ3) is 4.26. The zero-order valence-electron chi connectivity index (χ0n) is 16.9. The average Bonchev–Trinajstić information content (AvgIpc) is 2.67. The maximum Gasteiger partial charge on any atom is 0.266 e. The van der Waals surface area contributed by atoms with Crippen molar-refractivity contribution in [1.29, 1.82) is 0 Å². The Morgan fingerprint density at radius 3 is 2.62 bits per heavy atom. The first-order valence-corrected chi connectivity index (χ1v) is 10.2. The van der Waals surface area contributed by atoms with E-state index in [0.29, 0.717) is 32.5 Å². The van der Waals surface area contributed by atoms with Gasteiger partial charge >= 0.3 is 0 Å². The van der Waals surface area contributed by atoms with Gasteiger partial charge in [-0.15, -0.1) is 0 Å². The maximum absolute atomic E-state index is 13.4. The van der Waals surface area contributed by atoms with Gasteiger partial charge in [0.2, 0.25) is 5.91 Å². The van der Waals surface area contributed by atoms with Gasteiger partial charge in [0.05, 0.1) is 29.0 Å². The van der Waals surface area contributed by atoms with Crippen LogP contribution in [0.2, 0.25) is 5.02 Å². The van der Waals surface area contributed by atoms with Crippen LogP contribution in [-0.4, -0.2) is 46.8 Å². The van der Waals surface area contributed by atoms with E-state index >= 15 is 0 Å². The van der Waals surface area contributed by atoms with Gasteiger partial charge in [0.25, 0.3) is 5.56 Å². The highest BCUT2D eigenvalue weighted by molar-refractivity contribution is 8.00. The lowest BCUT2D eigenvalue weighted by Gasteiger charge is -2.20. The minimum atomic E-state index is -0.435. The molecule has 3 rings (SSSR count). The highest BCUT2D eigenvalue weighted by Gasteiger charge is 2.22. The summed E-state index contributed by atoms with van der Waals surface area (Å²) in [4.78, 5) is 32.1. The van der Waals surface area contributed by atoms with Crippen molar-refractivity contribution in [2.24, 2.45) is 0 Å². The molecule has 0 fully saturated rings. The van der Waals surface area contributed by atoms with Crippen LogP contribution in [0.5, 0.6) is 5.75 Å². The fraction of sp³-hybridized carbons (Fsp3) is 0.286. The summed E-state index contributed by atoms with van der Waals surface area (Å²) in [7, 11) is 4.95. The molecule has 0 aliphatic rings. The van der Waals surface area contributed by atoms with E-state index in [-0.39, 0.29) is 11.5 Å². The van der Waals surface area contributed by atoms with Crippen LogP contribution in [0.15, 0.2) is 46.3 Å². The summed E-state index contributed by atoms with van der Waals surface area (Å²) in [6.07, 6.45) is 0. The van der Waals surface area contributed by atoms with Gasteiger partial charge in [-0.25, -0.2) is 4.98 Å². The number of aryl methyl sites for hydroxylation is 1. The minimum Gasteiger partial charge on any atom is -0.495 e. The van der Waals surface area contributed by atoms with Crippen molar-refractivity contribution in [3.05, 3.63) is 57.3 Å². The molecular weight excluding hydrogens is 410 g/mol. The molecule has 0 aliphatic heterocycles. The van der Waals surface area contributed by atoms with Gasteiger partial charge in [-0.1, -0.05) is 29.4 Å². The molecule has 1 atom stereocenters. The van der Waals surface area contributed by atoms with Gasteiger partial charge in [-0.3, -0.25) is 14.2 Å². The molecule has 0 aliphatic carbocycles. The molecule has 0 radical (unpaired) electrons. The molecule has 1 amide bonds. The molecule has 152 valence electrons. The van der Waals surface area contributed by atoms with Gasteiger partial charge < -0.3 is 9.64 Å². The van der Waals surface area contributed by atoms with Crippen molar-refractivity contribution >= 4 is 40.2 Å². The number of halogens is 1. The standard InChI is InChI=1S/C21H22ClN3O3S/c1-12-6-9-18(28-5)17(10-12)25-20(27)15-8-7-14(22)11-16(15)23-21(25)29-13(2)19(26)24(3)4/h6-11,13H,1-5H3/t13-/m0/s1. The van der Waals surface area contributed by atoms with E-state index in [1.807, 2.05) is 25.1 Å². The third-order valence-electron chi connectivity index (χ3n) is 4.45. The van der Waals surface area contributed by atoms with Crippen LogP contribution < -0.4 is 10.3 Å². The zero-order chi connectivity index (χ0) is 21.3. The summed E-state index contributed by atoms with van der Waals surface area (Å²) < 4.78 is 7.00. The van der Waals surface area contributed by atoms with Gasteiger partial charge in [-0.05, 0) is 49.7 Å². The Balaban J connectivity index is 2.31. The molecule has 1 aromatic heterocycles. The summed E-state index contributed by atoms with van der Waals surface area (Å²) in [5.41, 5.74) is 1.78. The van der Waals surface area contributed by atoms with E-state index in [2.05, 4.69) is 4.98 Å². The highest BCUT2D eigenvalue weighted by Crippen LogP contribution is 2.30. The molecular formula is C21H22ClN3O3S. The van der Waals surface area contributed by atoms with Crippen molar-refractivity contribution in [2.75, 3.05) is 21.2 Å². The Hall–Kier alpha value is -2.51. The van der Waals surface area contributed by atoms with Crippen LogP contribution in [0.25, 0.3) is 16.6 Å². The van der Waals surface area contributed by atoms with Crippen LogP contribution in [-0.2, 0) is 4.79 Å². The van der Waals surface area contributed by atoms with Crippen molar-refractivity contribution in [3.8, 4) is 11.4 Å². The molecule has 0 N–H and O–H groups in total. The summed E-state index contributed by atoms with van der Waals surface area (Å²) in [5, 5.41) is 0.893. The Labute approximate surface area is 178 Å². The molecule has 0 saturated heterocycles. The van der Waals surface area contributed by atoms with E-state index in [1.165, 1.54) is 21.2 Å². The predicted molar refractivity (Wildman–Crippen MR) is 118 cm³/mol. The SMILES string of the molecule is COc1ccc(C)cc1-n1c(S[C@@H](C)C(=O)N(C)C)nc2cc(Cl)ccc2c1=O. The summed E-state index contributed by atoms with van der Waals surface area (Å²) in [6.45, 7) is 3.73. The van der Waals surface area contributed by atoms with Gasteiger partial charge in [-0.2, -0.15) is 0 Å². The lowest BCUT2D eigenvalue weighted by Crippen LogP contribution is -2.31. The first kappa shape index (κ1) is 21.2. The topological polar surface area (TPSA) is 64.4 Å². The van der Waals surface area contributed by atoms with Crippen LogP contribution in [0, 0.1) is 6.92 Å². The molecule has 3 aromatic rings.